The van der Waals surface area contributed by atoms with Crippen LogP contribution >= 0.6 is 0 Å². The molecule has 0 radical (unpaired) electrons. The van der Waals surface area contributed by atoms with E-state index in [0.717, 1.165) is 5.56 Å². The van der Waals surface area contributed by atoms with Crippen molar-refractivity contribution in [2.75, 3.05) is 0 Å². The molecule has 5 rings (SSSR count). The number of fused-ring (bicyclic) bond motifs is 3. The quantitative estimate of drug-likeness (QED) is 0.538. The molecule has 2 nitrogen and oxygen atoms in total. The molecule has 144 valence electrons. The lowest BCUT2D eigenvalue weighted by molar-refractivity contribution is 0.398. The summed E-state index contributed by atoms with van der Waals surface area (Å²) in [5, 5.41) is 20.3. The van der Waals surface area contributed by atoms with Gasteiger partial charge in [0.2, 0.25) is 0 Å². The van der Waals surface area contributed by atoms with Crippen molar-refractivity contribution < 1.29 is 10.2 Å². The largest absolute Gasteiger partial charge is 0.504 e. The lowest BCUT2D eigenvalue weighted by Gasteiger charge is -2.39. The van der Waals surface area contributed by atoms with Gasteiger partial charge in [0.15, 0.2) is 11.5 Å². The Morgan fingerprint density at radius 3 is 2.34 bits per heavy atom. The topological polar surface area (TPSA) is 40.5 Å². The normalized spacial score (nSPS) is 24.7. The number of aryl methyl sites for hydroxylation is 1. The summed E-state index contributed by atoms with van der Waals surface area (Å²) in [5.74, 6) is 0.285. The highest BCUT2D eigenvalue weighted by Gasteiger charge is 2.53. The van der Waals surface area contributed by atoms with E-state index >= 15 is 0 Å². The van der Waals surface area contributed by atoms with Gasteiger partial charge in [0.1, 0.15) is 0 Å². The third-order valence-corrected chi connectivity index (χ3v) is 6.55. The minimum absolute atomic E-state index is 0.0820. The molecule has 3 unspecified atom stereocenters. The molecule has 3 atom stereocenters. The molecular weight excluding hydrogens is 356 g/mol. The van der Waals surface area contributed by atoms with Crippen molar-refractivity contribution in [3.8, 4) is 11.5 Å². The van der Waals surface area contributed by atoms with Crippen molar-refractivity contribution >= 4 is 0 Å². The van der Waals surface area contributed by atoms with Gasteiger partial charge in [0, 0.05) is 11.8 Å². The molecule has 29 heavy (non-hydrogen) atoms. The second kappa shape index (κ2) is 6.38. The van der Waals surface area contributed by atoms with Crippen LogP contribution in [0.2, 0.25) is 0 Å². The molecule has 0 aromatic heterocycles. The number of hydrogen-bond donors (Lipinski definition) is 2. The highest BCUT2D eigenvalue weighted by Crippen LogP contribution is 2.60. The molecular formula is C27H24O2. The van der Waals surface area contributed by atoms with E-state index in [0.29, 0.717) is 0 Å². The van der Waals surface area contributed by atoms with Gasteiger partial charge in [-0.15, -0.1) is 0 Å². The Labute approximate surface area is 171 Å². The van der Waals surface area contributed by atoms with Crippen LogP contribution in [0.3, 0.4) is 0 Å². The fourth-order valence-electron chi connectivity index (χ4n) is 5.34. The third-order valence-electron chi connectivity index (χ3n) is 6.55. The van der Waals surface area contributed by atoms with E-state index in [-0.39, 0.29) is 23.3 Å². The first kappa shape index (κ1) is 17.8. The van der Waals surface area contributed by atoms with Crippen LogP contribution in [0, 0.1) is 12.8 Å². The number of phenols is 2. The molecule has 0 heterocycles. The second-order valence-electron chi connectivity index (χ2n) is 8.29. The van der Waals surface area contributed by atoms with E-state index in [4.69, 9.17) is 0 Å². The predicted octanol–water partition coefficient (Wildman–Crippen LogP) is 5.97. The van der Waals surface area contributed by atoms with E-state index < -0.39 is 5.41 Å². The summed E-state index contributed by atoms with van der Waals surface area (Å²) in [6.07, 6.45) is 6.90. The average molecular weight is 380 g/mol. The van der Waals surface area contributed by atoms with E-state index in [1.54, 1.807) is 12.1 Å². The Morgan fingerprint density at radius 1 is 0.793 bits per heavy atom. The maximum absolute atomic E-state index is 10.4. The third kappa shape index (κ3) is 2.49. The van der Waals surface area contributed by atoms with E-state index in [9.17, 15) is 10.2 Å². The summed E-state index contributed by atoms with van der Waals surface area (Å²) < 4.78 is 0. The van der Waals surface area contributed by atoms with E-state index in [1.807, 2.05) is 12.1 Å². The van der Waals surface area contributed by atoms with Crippen molar-refractivity contribution in [2.24, 2.45) is 5.92 Å². The highest BCUT2D eigenvalue weighted by atomic mass is 16.3. The summed E-state index contributed by atoms with van der Waals surface area (Å²) >= 11 is 0. The Hall–Kier alpha value is -3.26. The molecule has 2 heteroatoms. The number of benzene rings is 3. The van der Waals surface area contributed by atoms with E-state index in [1.165, 1.54) is 27.8 Å². The summed E-state index contributed by atoms with van der Waals surface area (Å²) in [7, 11) is 0. The van der Waals surface area contributed by atoms with Crippen molar-refractivity contribution in [2.45, 2.75) is 25.2 Å². The fourth-order valence-corrected chi connectivity index (χ4v) is 5.34. The van der Waals surface area contributed by atoms with Gasteiger partial charge in [-0.05, 0) is 48.2 Å². The first-order valence-electron chi connectivity index (χ1n) is 10.1. The minimum atomic E-state index is -0.437. The molecule has 2 N–H and O–H groups in total. The summed E-state index contributed by atoms with van der Waals surface area (Å²) in [6, 6.07) is 22.5. The lowest BCUT2D eigenvalue weighted by atomic mass is 9.63. The van der Waals surface area contributed by atoms with Crippen LogP contribution in [-0.2, 0) is 5.41 Å². The van der Waals surface area contributed by atoms with Crippen LogP contribution in [0.5, 0.6) is 11.5 Å². The van der Waals surface area contributed by atoms with Crippen LogP contribution in [0.25, 0.3) is 0 Å². The minimum Gasteiger partial charge on any atom is -0.504 e. The van der Waals surface area contributed by atoms with Crippen LogP contribution < -0.4 is 0 Å². The number of phenolic OH excluding ortho intramolecular Hbond substituents is 2. The van der Waals surface area contributed by atoms with Crippen LogP contribution in [0.1, 0.15) is 40.7 Å². The fraction of sp³-hybridized carbons (Fsp3) is 0.185. The number of rotatable bonds is 2. The molecule has 3 aromatic carbocycles. The zero-order valence-corrected chi connectivity index (χ0v) is 16.6. The van der Waals surface area contributed by atoms with Crippen molar-refractivity contribution in [3.05, 3.63) is 118 Å². The van der Waals surface area contributed by atoms with Gasteiger partial charge < -0.3 is 10.2 Å². The summed E-state index contributed by atoms with van der Waals surface area (Å²) in [6.45, 7) is 4.29. The standard InChI is InChI=1S/C27H24O2/c1-17-8-11-23-21(14-17)22-15-18(2)9-12-24(22)27(23,19-6-4-3-5-7-19)20-10-13-25(28)26(29)16-20/h3-16,21,23,28-29H,1-2H3. The first-order valence-corrected chi connectivity index (χ1v) is 10.1. The van der Waals surface area contributed by atoms with Crippen LogP contribution in [0.4, 0.5) is 0 Å². The number of hydrogen-bond acceptors (Lipinski definition) is 2. The molecule has 0 aliphatic heterocycles. The zero-order chi connectivity index (χ0) is 20.2. The van der Waals surface area contributed by atoms with Gasteiger partial charge in [-0.3, -0.25) is 0 Å². The van der Waals surface area contributed by atoms with Gasteiger partial charge in [0.05, 0.1) is 5.41 Å². The maximum Gasteiger partial charge on any atom is 0.157 e. The number of aromatic hydroxyl groups is 2. The van der Waals surface area contributed by atoms with Gasteiger partial charge in [0.25, 0.3) is 0 Å². The average Bonchev–Trinajstić information content (AvgIpc) is 3.00. The Kier molecular flexibility index (Phi) is 3.92. The van der Waals surface area contributed by atoms with Gasteiger partial charge >= 0.3 is 0 Å². The SMILES string of the molecule is CC1=CC2c3cc(C)ccc3C(c3ccccc3)(c3ccc(O)c(O)c3)C2C=C1. The molecule has 0 spiro atoms. The molecule has 0 saturated heterocycles. The van der Waals surface area contributed by atoms with Gasteiger partial charge in [-0.1, -0.05) is 84.0 Å². The van der Waals surface area contributed by atoms with Crippen molar-refractivity contribution in [1.29, 1.82) is 0 Å². The summed E-state index contributed by atoms with van der Waals surface area (Å²) in [5.41, 5.74) is 6.89. The molecule has 0 amide bonds. The molecule has 0 bridgehead atoms. The molecule has 0 saturated carbocycles. The second-order valence-corrected chi connectivity index (χ2v) is 8.29. The van der Waals surface area contributed by atoms with Crippen LogP contribution in [0.15, 0.2) is 90.5 Å². The Balaban J connectivity index is 1.90. The van der Waals surface area contributed by atoms with Gasteiger partial charge in [-0.2, -0.15) is 0 Å². The molecule has 2 aliphatic rings. The van der Waals surface area contributed by atoms with Gasteiger partial charge in [-0.25, -0.2) is 0 Å². The first-order chi connectivity index (χ1) is 14.0. The van der Waals surface area contributed by atoms with Crippen molar-refractivity contribution in [3.63, 3.8) is 0 Å². The van der Waals surface area contributed by atoms with E-state index in [2.05, 4.69) is 74.5 Å². The monoisotopic (exact) mass is 380 g/mol. The predicted molar refractivity (Wildman–Crippen MR) is 116 cm³/mol. The lowest BCUT2D eigenvalue weighted by Crippen LogP contribution is -2.35. The van der Waals surface area contributed by atoms with Crippen molar-refractivity contribution in [1.82, 2.24) is 0 Å². The smallest absolute Gasteiger partial charge is 0.157 e. The van der Waals surface area contributed by atoms with Crippen LogP contribution in [-0.4, -0.2) is 10.2 Å². The molecule has 2 aliphatic carbocycles. The number of allylic oxidation sites excluding steroid dienone is 4. The Bertz CT molecular complexity index is 1160. The highest BCUT2D eigenvalue weighted by molar-refractivity contribution is 5.64. The zero-order valence-electron chi connectivity index (χ0n) is 16.6. The Morgan fingerprint density at radius 2 is 1.59 bits per heavy atom. The maximum atomic E-state index is 10.4. The summed E-state index contributed by atoms with van der Waals surface area (Å²) in [4.78, 5) is 0. The molecule has 0 fully saturated rings. The molecule has 3 aromatic rings.